The Morgan fingerprint density at radius 2 is 2.10 bits per heavy atom. The summed E-state index contributed by atoms with van der Waals surface area (Å²) < 4.78 is 10.8. The summed E-state index contributed by atoms with van der Waals surface area (Å²) in [7, 11) is 1.63. The fourth-order valence-corrected chi connectivity index (χ4v) is 2.54. The van der Waals surface area contributed by atoms with Crippen LogP contribution in [0.15, 0.2) is 40.8 Å². The van der Waals surface area contributed by atoms with Gasteiger partial charge in [0.2, 0.25) is 0 Å². The molecule has 21 heavy (non-hydrogen) atoms. The second-order valence-corrected chi connectivity index (χ2v) is 5.03. The number of hydrogen-bond acceptors (Lipinski definition) is 4. The Labute approximate surface area is 123 Å². The summed E-state index contributed by atoms with van der Waals surface area (Å²) in [6, 6.07) is 11.3. The van der Waals surface area contributed by atoms with E-state index in [1.165, 1.54) is 0 Å². The third kappa shape index (κ3) is 2.52. The summed E-state index contributed by atoms with van der Waals surface area (Å²) in [6.07, 6.45) is -0.309. The molecule has 1 N–H and O–H groups in total. The summed E-state index contributed by atoms with van der Waals surface area (Å²) in [5.74, 6) is 1.54. The molecule has 1 atom stereocenters. The van der Waals surface area contributed by atoms with Crippen LogP contribution in [0.25, 0.3) is 0 Å². The molecule has 5 nitrogen and oxygen atoms in total. The van der Waals surface area contributed by atoms with Crippen molar-refractivity contribution in [3.8, 4) is 0 Å². The Kier molecular flexibility index (Phi) is 3.66. The summed E-state index contributed by atoms with van der Waals surface area (Å²) in [4.78, 5) is 14.4. The first-order chi connectivity index (χ1) is 10.2. The lowest BCUT2D eigenvalue weighted by molar-refractivity contribution is 0.0585. The van der Waals surface area contributed by atoms with Crippen molar-refractivity contribution in [3.63, 3.8) is 0 Å². The maximum atomic E-state index is 12.7. The van der Waals surface area contributed by atoms with Gasteiger partial charge in [-0.05, 0) is 31.2 Å². The van der Waals surface area contributed by atoms with E-state index in [4.69, 9.17) is 9.15 Å². The molecule has 2 heterocycles. The number of aryl methyl sites for hydroxylation is 1. The SMILES string of the molecule is COCCN1C(=O)c2ccccc2NC1c1ccc(C)o1. The average Bonchev–Trinajstić information content (AvgIpc) is 2.93. The van der Waals surface area contributed by atoms with Crippen LogP contribution in [0, 0.1) is 6.92 Å². The molecule has 0 aliphatic carbocycles. The molecule has 1 aliphatic heterocycles. The van der Waals surface area contributed by atoms with Gasteiger partial charge in [-0.25, -0.2) is 0 Å². The Morgan fingerprint density at radius 3 is 2.81 bits per heavy atom. The zero-order chi connectivity index (χ0) is 14.8. The molecular weight excluding hydrogens is 268 g/mol. The van der Waals surface area contributed by atoms with Crippen LogP contribution in [0.5, 0.6) is 0 Å². The lowest BCUT2D eigenvalue weighted by Crippen LogP contribution is -2.44. The molecule has 3 rings (SSSR count). The molecule has 5 heteroatoms. The number of benzene rings is 1. The van der Waals surface area contributed by atoms with E-state index in [0.717, 1.165) is 17.2 Å². The van der Waals surface area contributed by atoms with Gasteiger partial charge in [0.15, 0.2) is 6.17 Å². The number of carbonyl (C=O) groups excluding carboxylic acids is 1. The van der Waals surface area contributed by atoms with E-state index in [-0.39, 0.29) is 12.1 Å². The molecular formula is C16H18N2O3. The Hall–Kier alpha value is -2.27. The van der Waals surface area contributed by atoms with E-state index in [1.54, 1.807) is 12.0 Å². The zero-order valence-electron chi connectivity index (χ0n) is 12.1. The van der Waals surface area contributed by atoms with Gasteiger partial charge in [0.1, 0.15) is 11.5 Å². The third-order valence-corrected chi connectivity index (χ3v) is 3.59. The van der Waals surface area contributed by atoms with Crippen molar-refractivity contribution in [3.05, 3.63) is 53.5 Å². The minimum Gasteiger partial charge on any atom is -0.462 e. The monoisotopic (exact) mass is 286 g/mol. The van der Waals surface area contributed by atoms with Gasteiger partial charge in [-0.1, -0.05) is 12.1 Å². The predicted molar refractivity (Wildman–Crippen MR) is 79.2 cm³/mol. The van der Waals surface area contributed by atoms with E-state index in [9.17, 15) is 4.79 Å². The molecule has 1 aromatic carbocycles. The quantitative estimate of drug-likeness (QED) is 0.939. The average molecular weight is 286 g/mol. The molecule has 0 saturated heterocycles. The minimum absolute atomic E-state index is 0.0135. The highest BCUT2D eigenvalue weighted by atomic mass is 16.5. The second kappa shape index (κ2) is 5.61. The van der Waals surface area contributed by atoms with Crippen LogP contribution in [-0.2, 0) is 4.74 Å². The predicted octanol–water partition coefficient (Wildman–Crippen LogP) is 2.80. The van der Waals surface area contributed by atoms with E-state index in [2.05, 4.69) is 5.32 Å². The van der Waals surface area contributed by atoms with Crippen molar-refractivity contribution in [2.24, 2.45) is 0 Å². The standard InChI is InChI=1S/C16H18N2O3/c1-11-7-8-14(21-11)15-17-13-6-4-3-5-12(13)16(19)18(15)9-10-20-2/h3-8,15,17H,9-10H2,1-2H3. The number of anilines is 1. The third-order valence-electron chi connectivity index (χ3n) is 3.59. The van der Waals surface area contributed by atoms with Crippen LogP contribution >= 0.6 is 0 Å². The number of furan rings is 1. The Bertz CT molecular complexity index is 650. The number of ether oxygens (including phenoxy) is 1. The molecule has 0 saturated carbocycles. The first-order valence-corrected chi connectivity index (χ1v) is 6.92. The maximum absolute atomic E-state index is 12.7. The van der Waals surface area contributed by atoms with Gasteiger partial charge in [0, 0.05) is 19.3 Å². The zero-order valence-corrected chi connectivity index (χ0v) is 12.1. The maximum Gasteiger partial charge on any atom is 0.258 e. The number of amides is 1. The highest BCUT2D eigenvalue weighted by molar-refractivity contribution is 6.01. The fraction of sp³-hybridized carbons (Fsp3) is 0.312. The molecule has 1 amide bonds. The molecule has 0 bridgehead atoms. The Balaban J connectivity index is 1.98. The van der Waals surface area contributed by atoms with Crippen LogP contribution in [-0.4, -0.2) is 31.1 Å². The molecule has 0 spiro atoms. The number of methoxy groups -OCH3 is 1. The minimum atomic E-state index is -0.309. The van der Waals surface area contributed by atoms with E-state index >= 15 is 0 Å². The van der Waals surface area contributed by atoms with Gasteiger partial charge in [0.25, 0.3) is 5.91 Å². The topological polar surface area (TPSA) is 54.7 Å². The van der Waals surface area contributed by atoms with Crippen molar-refractivity contribution >= 4 is 11.6 Å². The largest absolute Gasteiger partial charge is 0.462 e. The summed E-state index contributed by atoms with van der Waals surface area (Å²) >= 11 is 0. The van der Waals surface area contributed by atoms with Crippen LogP contribution in [0.3, 0.4) is 0 Å². The van der Waals surface area contributed by atoms with Crippen LogP contribution < -0.4 is 5.32 Å². The number of fused-ring (bicyclic) bond motifs is 1. The first-order valence-electron chi connectivity index (χ1n) is 6.92. The van der Waals surface area contributed by atoms with Crippen molar-refractivity contribution in [1.82, 2.24) is 4.90 Å². The lowest BCUT2D eigenvalue weighted by atomic mass is 10.1. The van der Waals surface area contributed by atoms with Gasteiger partial charge in [0.05, 0.1) is 12.2 Å². The van der Waals surface area contributed by atoms with E-state index in [0.29, 0.717) is 18.7 Å². The van der Waals surface area contributed by atoms with Crippen molar-refractivity contribution in [1.29, 1.82) is 0 Å². The first kappa shape index (κ1) is 13.7. The molecule has 1 aliphatic rings. The van der Waals surface area contributed by atoms with Gasteiger partial charge in [-0.3, -0.25) is 4.79 Å². The van der Waals surface area contributed by atoms with E-state index < -0.39 is 0 Å². The van der Waals surface area contributed by atoms with Crippen LogP contribution in [0.1, 0.15) is 28.0 Å². The Morgan fingerprint density at radius 1 is 1.29 bits per heavy atom. The highest BCUT2D eigenvalue weighted by Crippen LogP contribution is 2.33. The van der Waals surface area contributed by atoms with Crippen LogP contribution in [0.2, 0.25) is 0 Å². The van der Waals surface area contributed by atoms with Gasteiger partial charge < -0.3 is 19.4 Å². The molecule has 0 fully saturated rings. The number of para-hydroxylation sites is 1. The van der Waals surface area contributed by atoms with Crippen molar-refractivity contribution in [2.75, 3.05) is 25.6 Å². The number of nitrogens with zero attached hydrogens (tertiary/aromatic N) is 1. The molecule has 1 unspecified atom stereocenters. The van der Waals surface area contributed by atoms with Crippen LogP contribution in [0.4, 0.5) is 5.69 Å². The van der Waals surface area contributed by atoms with E-state index in [1.807, 2.05) is 43.3 Å². The van der Waals surface area contributed by atoms with Gasteiger partial charge in [-0.15, -0.1) is 0 Å². The number of nitrogens with one attached hydrogen (secondary N) is 1. The summed E-state index contributed by atoms with van der Waals surface area (Å²) in [5, 5.41) is 3.37. The molecule has 1 aromatic heterocycles. The van der Waals surface area contributed by atoms with Crippen molar-refractivity contribution < 1.29 is 13.9 Å². The number of carbonyl (C=O) groups is 1. The number of rotatable bonds is 4. The summed E-state index contributed by atoms with van der Waals surface area (Å²) in [5.41, 5.74) is 1.50. The second-order valence-electron chi connectivity index (χ2n) is 5.03. The number of hydrogen-bond donors (Lipinski definition) is 1. The molecule has 2 aromatic rings. The van der Waals surface area contributed by atoms with Gasteiger partial charge in [-0.2, -0.15) is 0 Å². The summed E-state index contributed by atoms with van der Waals surface area (Å²) in [6.45, 7) is 2.87. The van der Waals surface area contributed by atoms with Gasteiger partial charge >= 0.3 is 0 Å². The fourth-order valence-electron chi connectivity index (χ4n) is 2.54. The van der Waals surface area contributed by atoms with Crippen molar-refractivity contribution in [2.45, 2.75) is 13.1 Å². The molecule has 0 radical (unpaired) electrons. The smallest absolute Gasteiger partial charge is 0.258 e. The highest BCUT2D eigenvalue weighted by Gasteiger charge is 2.34. The lowest BCUT2D eigenvalue weighted by Gasteiger charge is -2.36. The normalized spacial score (nSPS) is 17.5. The molecule has 110 valence electrons.